The number of benzene rings is 2. The topological polar surface area (TPSA) is 54.4 Å². The fourth-order valence-corrected chi connectivity index (χ4v) is 1.81. The molecule has 0 saturated carbocycles. The van der Waals surface area contributed by atoms with Gasteiger partial charge in [0.2, 0.25) is 0 Å². The van der Waals surface area contributed by atoms with Crippen molar-refractivity contribution in [3.05, 3.63) is 83.3 Å². The summed E-state index contributed by atoms with van der Waals surface area (Å²) < 4.78 is 28.9. The monoisotopic (exact) mass is 326 g/mol. The SMILES string of the molecule is CC=Cc1ccccc1.O=S(=O)(O)C=Cc1ccccc1.[H-].[Na+]. The molecule has 0 heterocycles. The molecule has 0 aliphatic carbocycles. The van der Waals surface area contributed by atoms with Gasteiger partial charge in [-0.1, -0.05) is 72.8 Å². The summed E-state index contributed by atoms with van der Waals surface area (Å²) in [6.45, 7) is 2.02. The molecule has 112 valence electrons. The van der Waals surface area contributed by atoms with Gasteiger partial charge in [-0.25, -0.2) is 0 Å². The maximum Gasteiger partial charge on any atom is 1.00 e. The molecule has 0 bridgehead atoms. The van der Waals surface area contributed by atoms with Gasteiger partial charge in [-0.05, 0) is 24.1 Å². The fourth-order valence-electron chi connectivity index (χ4n) is 1.49. The molecule has 0 spiro atoms. The Kier molecular flexibility index (Phi) is 10.8. The van der Waals surface area contributed by atoms with E-state index in [1.54, 1.807) is 24.3 Å². The molecule has 0 fully saturated rings. The first-order chi connectivity index (χ1) is 10.0. The Labute approximate surface area is 155 Å². The van der Waals surface area contributed by atoms with Gasteiger partial charge in [0.05, 0.1) is 5.41 Å². The number of hydrogen-bond donors (Lipinski definition) is 1. The molecular weight excluding hydrogens is 307 g/mol. The summed E-state index contributed by atoms with van der Waals surface area (Å²) in [6, 6.07) is 19.1. The zero-order valence-electron chi connectivity index (χ0n) is 13.8. The van der Waals surface area contributed by atoms with Gasteiger partial charge in [0.15, 0.2) is 0 Å². The summed E-state index contributed by atoms with van der Waals surface area (Å²) >= 11 is 0. The van der Waals surface area contributed by atoms with Gasteiger partial charge in [0.25, 0.3) is 10.1 Å². The van der Waals surface area contributed by atoms with Crippen molar-refractivity contribution >= 4 is 22.3 Å². The minimum absolute atomic E-state index is 0. The molecule has 0 aromatic heterocycles. The molecule has 0 aliphatic heterocycles. The van der Waals surface area contributed by atoms with Crippen LogP contribution in [0, 0.1) is 0 Å². The summed E-state index contributed by atoms with van der Waals surface area (Å²) in [7, 11) is -4.00. The van der Waals surface area contributed by atoms with Crippen molar-refractivity contribution in [2.45, 2.75) is 6.92 Å². The van der Waals surface area contributed by atoms with E-state index in [0.29, 0.717) is 0 Å². The summed E-state index contributed by atoms with van der Waals surface area (Å²) in [6.07, 6.45) is 5.45. The largest absolute Gasteiger partial charge is 1.00 e. The Morgan fingerprint density at radius 2 is 1.27 bits per heavy atom. The molecule has 0 saturated heterocycles. The molecule has 3 nitrogen and oxygen atoms in total. The third-order valence-corrected chi connectivity index (χ3v) is 2.87. The second-order valence-electron chi connectivity index (χ2n) is 4.14. The standard InChI is InChI=1S/C9H10.C8H8O3S.Na.H/c1-2-6-9-7-4-3-5-8-9;9-12(10,11)7-6-8-4-2-1-3-5-8;;/h2-8H,1H3;1-7H,(H,9,10,11);;/q;;+1;-1. The van der Waals surface area contributed by atoms with E-state index in [4.69, 9.17) is 4.55 Å². The molecular formula is C17H19NaO3S. The van der Waals surface area contributed by atoms with Crippen molar-refractivity contribution < 1.29 is 44.0 Å². The normalized spacial score (nSPS) is 10.8. The van der Waals surface area contributed by atoms with Crippen LogP contribution in [-0.4, -0.2) is 13.0 Å². The minimum atomic E-state index is -4.00. The van der Waals surface area contributed by atoms with Crippen LogP contribution in [0.1, 0.15) is 19.5 Å². The van der Waals surface area contributed by atoms with Crippen LogP contribution < -0.4 is 29.6 Å². The van der Waals surface area contributed by atoms with Crippen LogP contribution in [0.4, 0.5) is 0 Å². The van der Waals surface area contributed by atoms with Crippen LogP contribution in [0.25, 0.3) is 12.2 Å². The van der Waals surface area contributed by atoms with Gasteiger partial charge in [-0.3, -0.25) is 4.55 Å². The van der Waals surface area contributed by atoms with Crippen LogP contribution in [-0.2, 0) is 10.1 Å². The fraction of sp³-hybridized carbons (Fsp3) is 0.0588. The van der Waals surface area contributed by atoms with Crippen molar-refractivity contribution in [2.24, 2.45) is 0 Å². The molecule has 0 radical (unpaired) electrons. The van der Waals surface area contributed by atoms with Gasteiger partial charge in [0.1, 0.15) is 0 Å². The van der Waals surface area contributed by atoms with Gasteiger partial charge in [-0.15, -0.1) is 0 Å². The number of rotatable bonds is 3. The number of allylic oxidation sites excluding steroid dienone is 1. The van der Waals surface area contributed by atoms with E-state index in [2.05, 4.69) is 18.2 Å². The average molecular weight is 326 g/mol. The third kappa shape index (κ3) is 10.5. The van der Waals surface area contributed by atoms with Crippen molar-refractivity contribution in [3.63, 3.8) is 0 Å². The Balaban J connectivity index is 0. The van der Waals surface area contributed by atoms with E-state index in [1.807, 2.05) is 37.3 Å². The van der Waals surface area contributed by atoms with Crippen LogP contribution >= 0.6 is 0 Å². The van der Waals surface area contributed by atoms with Crippen LogP contribution in [0.15, 0.2) is 72.1 Å². The van der Waals surface area contributed by atoms with Crippen molar-refractivity contribution in [1.82, 2.24) is 0 Å². The Hall–Kier alpha value is -1.17. The molecule has 5 heteroatoms. The molecule has 0 aliphatic rings. The van der Waals surface area contributed by atoms with Crippen molar-refractivity contribution in [1.29, 1.82) is 0 Å². The summed E-state index contributed by atoms with van der Waals surface area (Å²) in [5.41, 5.74) is 2.00. The molecule has 2 aromatic carbocycles. The quantitative estimate of drug-likeness (QED) is 0.685. The molecule has 0 atom stereocenters. The summed E-state index contributed by atoms with van der Waals surface area (Å²) in [5, 5.41) is 0.752. The van der Waals surface area contributed by atoms with E-state index in [0.717, 1.165) is 11.0 Å². The molecule has 0 amide bonds. The minimum Gasteiger partial charge on any atom is -1.00 e. The van der Waals surface area contributed by atoms with Gasteiger partial charge < -0.3 is 1.43 Å². The molecule has 2 rings (SSSR count). The predicted molar refractivity (Wildman–Crippen MR) is 89.3 cm³/mol. The first-order valence-corrected chi connectivity index (χ1v) is 7.90. The van der Waals surface area contributed by atoms with E-state index < -0.39 is 10.1 Å². The summed E-state index contributed by atoms with van der Waals surface area (Å²) in [4.78, 5) is 0. The van der Waals surface area contributed by atoms with E-state index in [9.17, 15) is 8.42 Å². The molecule has 0 unspecified atom stereocenters. The maximum absolute atomic E-state index is 10.3. The average Bonchev–Trinajstić information content (AvgIpc) is 2.48. The van der Waals surface area contributed by atoms with Gasteiger partial charge >= 0.3 is 29.6 Å². The summed E-state index contributed by atoms with van der Waals surface area (Å²) in [5.74, 6) is 0. The zero-order valence-corrected chi connectivity index (χ0v) is 15.6. The first kappa shape index (κ1) is 20.8. The predicted octanol–water partition coefficient (Wildman–Crippen LogP) is 1.38. The van der Waals surface area contributed by atoms with Crippen molar-refractivity contribution in [2.75, 3.05) is 0 Å². The molecule has 22 heavy (non-hydrogen) atoms. The Bertz CT molecular complexity index is 684. The van der Waals surface area contributed by atoms with Gasteiger partial charge in [-0.2, -0.15) is 8.42 Å². The third-order valence-electron chi connectivity index (χ3n) is 2.39. The van der Waals surface area contributed by atoms with Crippen LogP contribution in [0.2, 0.25) is 0 Å². The van der Waals surface area contributed by atoms with Crippen LogP contribution in [0.3, 0.4) is 0 Å². The second kappa shape index (κ2) is 11.4. The Morgan fingerprint density at radius 3 is 1.64 bits per heavy atom. The first-order valence-electron chi connectivity index (χ1n) is 6.39. The van der Waals surface area contributed by atoms with E-state index in [1.165, 1.54) is 11.6 Å². The maximum atomic E-state index is 10.3. The van der Waals surface area contributed by atoms with E-state index >= 15 is 0 Å². The second-order valence-corrected chi connectivity index (χ2v) is 5.44. The molecule has 1 N–H and O–H groups in total. The van der Waals surface area contributed by atoms with Crippen LogP contribution in [0.5, 0.6) is 0 Å². The van der Waals surface area contributed by atoms with E-state index in [-0.39, 0.29) is 31.0 Å². The number of hydrogen-bond acceptors (Lipinski definition) is 2. The molecule has 2 aromatic rings. The zero-order chi connectivity index (χ0) is 15.6. The smallest absolute Gasteiger partial charge is 1.00 e. The van der Waals surface area contributed by atoms with Crippen molar-refractivity contribution in [3.8, 4) is 0 Å². The van der Waals surface area contributed by atoms with Gasteiger partial charge in [0, 0.05) is 0 Å². The Morgan fingerprint density at radius 1 is 0.864 bits per heavy atom.